The lowest BCUT2D eigenvalue weighted by Gasteiger charge is -2.35. The van der Waals surface area contributed by atoms with Crippen LogP contribution in [0.5, 0.6) is 0 Å². The van der Waals surface area contributed by atoms with Gasteiger partial charge in [-0.25, -0.2) is 13.2 Å². The van der Waals surface area contributed by atoms with Crippen LogP contribution in [0.4, 0.5) is 13.2 Å². The molecule has 1 aromatic rings. The minimum absolute atomic E-state index is 0.399. The van der Waals surface area contributed by atoms with Crippen molar-refractivity contribution in [2.24, 2.45) is 17.8 Å². The van der Waals surface area contributed by atoms with Crippen molar-refractivity contribution in [1.82, 2.24) is 0 Å². The number of hydrogen-bond donors (Lipinski definition) is 0. The SMILES string of the molecule is Fc1cc(C=CC2CCC(C3CCCCC3)CC2)cc(F)c1F. The van der Waals surface area contributed by atoms with E-state index < -0.39 is 17.5 Å². The van der Waals surface area contributed by atoms with E-state index in [-0.39, 0.29) is 0 Å². The molecule has 126 valence electrons. The highest BCUT2D eigenvalue weighted by molar-refractivity contribution is 5.49. The van der Waals surface area contributed by atoms with E-state index in [0.717, 1.165) is 36.8 Å². The molecule has 2 aliphatic rings. The van der Waals surface area contributed by atoms with Gasteiger partial charge in [0.25, 0.3) is 0 Å². The smallest absolute Gasteiger partial charge is 0.194 e. The number of rotatable bonds is 3. The molecule has 0 N–H and O–H groups in total. The second kappa shape index (κ2) is 7.55. The van der Waals surface area contributed by atoms with Crippen LogP contribution in [0.1, 0.15) is 63.4 Å². The fraction of sp³-hybridized carbons (Fsp3) is 0.600. The zero-order chi connectivity index (χ0) is 16.2. The van der Waals surface area contributed by atoms with E-state index in [9.17, 15) is 13.2 Å². The van der Waals surface area contributed by atoms with Gasteiger partial charge in [0.05, 0.1) is 0 Å². The molecule has 2 aliphatic carbocycles. The summed E-state index contributed by atoms with van der Waals surface area (Å²) in [6.45, 7) is 0. The van der Waals surface area contributed by atoms with Crippen LogP contribution in [0, 0.1) is 35.2 Å². The molecule has 0 radical (unpaired) electrons. The maximum absolute atomic E-state index is 13.2. The average molecular weight is 322 g/mol. The zero-order valence-corrected chi connectivity index (χ0v) is 13.5. The van der Waals surface area contributed by atoms with Crippen LogP contribution in [-0.2, 0) is 0 Å². The third-order valence-electron chi connectivity index (χ3n) is 5.70. The average Bonchev–Trinajstić information content (AvgIpc) is 2.59. The predicted octanol–water partition coefficient (Wildman–Crippen LogP) is 6.50. The lowest BCUT2D eigenvalue weighted by Crippen LogP contribution is -2.23. The Morgan fingerprint density at radius 2 is 1.30 bits per heavy atom. The van der Waals surface area contributed by atoms with Crippen molar-refractivity contribution in [3.63, 3.8) is 0 Å². The predicted molar refractivity (Wildman–Crippen MR) is 87.4 cm³/mol. The number of benzene rings is 1. The van der Waals surface area contributed by atoms with Gasteiger partial charge in [-0.2, -0.15) is 0 Å². The van der Waals surface area contributed by atoms with Gasteiger partial charge in [0, 0.05) is 0 Å². The molecule has 23 heavy (non-hydrogen) atoms. The second-order valence-electron chi connectivity index (χ2n) is 7.23. The monoisotopic (exact) mass is 322 g/mol. The number of allylic oxidation sites excluding steroid dienone is 1. The highest BCUT2D eigenvalue weighted by Gasteiger charge is 2.27. The first-order valence-corrected chi connectivity index (χ1v) is 8.96. The Labute approximate surface area is 136 Å². The first kappa shape index (κ1) is 16.6. The molecule has 2 fully saturated rings. The zero-order valence-electron chi connectivity index (χ0n) is 13.5. The van der Waals surface area contributed by atoms with E-state index in [1.54, 1.807) is 6.08 Å². The normalized spacial score (nSPS) is 26.7. The summed E-state index contributed by atoms with van der Waals surface area (Å²) in [5.74, 6) is -1.35. The summed E-state index contributed by atoms with van der Waals surface area (Å²) in [7, 11) is 0. The summed E-state index contributed by atoms with van der Waals surface area (Å²) >= 11 is 0. The number of halogens is 3. The van der Waals surface area contributed by atoms with Crippen molar-refractivity contribution in [2.75, 3.05) is 0 Å². The van der Waals surface area contributed by atoms with Crippen molar-refractivity contribution >= 4 is 6.08 Å². The molecule has 3 heteroatoms. The fourth-order valence-corrected chi connectivity index (χ4v) is 4.33. The maximum atomic E-state index is 13.2. The second-order valence-corrected chi connectivity index (χ2v) is 7.23. The highest BCUT2D eigenvalue weighted by Crippen LogP contribution is 2.40. The molecule has 0 heterocycles. The molecule has 2 saturated carbocycles. The van der Waals surface area contributed by atoms with Gasteiger partial charge in [0.1, 0.15) is 0 Å². The molecule has 1 aromatic carbocycles. The Morgan fingerprint density at radius 3 is 1.91 bits per heavy atom. The molecule has 0 atom stereocenters. The van der Waals surface area contributed by atoms with Gasteiger partial charge in [-0.3, -0.25) is 0 Å². The fourth-order valence-electron chi connectivity index (χ4n) is 4.33. The van der Waals surface area contributed by atoms with Crippen LogP contribution in [0.2, 0.25) is 0 Å². The Kier molecular flexibility index (Phi) is 5.45. The van der Waals surface area contributed by atoms with Gasteiger partial charge in [-0.15, -0.1) is 0 Å². The van der Waals surface area contributed by atoms with Gasteiger partial charge in [-0.1, -0.05) is 44.3 Å². The molecule has 0 saturated heterocycles. The third kappa shape index (κ3) is 4.19. The van der Waals surface area contributed by atoms with Gasteiger partial charge in [-0.05, 0) is 61.1 Å². The van der Waals surface area contributed by atoms with E-state index >= 15 is 0 Å². The molecule has 0 aliphatic heterocycles. The lowest BCUT2D eigenvalue weighted by molar-refractivity contribution is 0.180. The van der Waals surface area contributed by atoms with Crippen LogP contribution < -0.4 is 0 Å². The summed E-state index contributed by atoms with van der Waals surface area (Å²) in [4.78, 5) is 0. The molecule has 0 unspecified atom stereocenters. The van der Waals surface area contributed by atoms with Crippen molar-refractivity contribution in [3.8, 4) is 0 Å². The first-order chi connectivity index (χ1) is 11.1. The summed E-state index contributed by atoms with van der Waals surface area (Å²) in [5.41, 5.74) is 0.399. The van der Waals surface area contributed by atoms with E-state index in [1.165, 1.54) is 44.9 Å². The van der Waals surface area contributed by atoms with Crippen molar-refractivity contribution in [3.05, 3.63) is 41.2 Å². The van der Waals surface area contributed by atoms with E-state index in [2.05, 4.69) is 0 Å². The highest BCUT2D eigenvalue weighted by atomic mass is 19.2. The summed E-state index contributed by atoms with van der Waals surface area (Å²) in [6, 6.07) is 2.12. The van der Waals surface area contributed by atoms with Gasteiger partial charge in [0.2, 0.25) is 0 Å². The molecule has 0 nitrogen and oxygen atoms in total. The molecule has 3 rings (SSSR count). The van der Waals surface area contributed by atoms with Crippen LogP contribution in [0.15, 0.2) is 18.2 Å². The molecular weight excluding hydrogens is 297 g/mol. The van der Waals surface area contributed by atoms with Crippen LogP contribution in [-0.4, -0.2) is 0 Å². The Balaban J connectivity index is 1.54. The number of hydrogen-bond acceptors (Lipinski definition) is 0. The van der Waals surface area contributed by atoms with Crippen molar-refractivity contribution in [1.29, 1.82) is 0 Å². The lowest BCUT2D eigenvalue weighted by atomic mass is 9.71. The Morgan fingerprint density at radius 1 is 0.739 bits per heavy atom. The van der Waals surface area contributed by atoms with Crippen molar-refractivity contribution in [2.45, 2.75) is 57.8 Å². The van der Waals surface area contributed by atoms with Crippen LogP contribution in [0.25, 0.3) is 6.08 Å². The van der Waals surface area contributed by atoms with Crippen molar-refractivity contribution < 1.29 is 13.2 Å². The minimum Gasteiger partial charge on any atom is -0.204 e. The molecule has 0 amide bonds. The standard InChI is InChI=1S/C20H25F3/c21-18-12-15(13-19(22)20(18)23)7-6-14-8-10-17(11-9-14)16-4-2-1-3-5-16/h6-7,12-14,16-17H,1-5,8-11H2. The first-order valence-electron chi connectivity index (χ1n) is 8.96. The van der Waals surface area contributed by atoms with Gasteiger partial charge >= 0.3 is 0 Å². The summed E-state index contributed by atoms with van der Waals surface area (Å²) in [6.07, 6.45) is 15.6. The van der Waals surface area contributed by atoms with Gasteiger partial charge < -0.3 is 0 Å². The summed E-state index contributed by atoms with van der Waals surface area (Å²) in [5, 5.41) is 0. The largest absolute Gasteiger partial charge is 0.204 e. The van der Waals surface area contributed by atoms with E-state index in [1.807, 2.05) is 6.08 Å². The maximum Gasteiger partial charge on any atom is 0.194 e. The molecular formula is C20H25F3. The van der Waals surface area contributed by atoms with Crippen LogP contribution in [0.3, 0.4) is 0 Å². The third-order valence-corrected chi connectivity index (χ3v) is 5.70. The Bertz CT molecular complexity index is 527. The minimum atomic E-state index is -1.39. The molecule has 0 spiro atoms. The molecule has 0 aromatic heterocycles. The Hall–Kier alpha value is -1.25. The van der Waals surface area contributed by atoms with Gasteiger partial charge in [0.15, 0.2) is 17.5 Å². The van der Waals surface area contributed by atoms with Crippen LogP contribution >= 0.6 is 0 Å². The quantitative estimate of drug-likeness (QED) is 0.557. The van der Waals surface area contributed by atoms with E-state index in [4.69, 9.17) is 0 Å². The summed E-state index contributed by atoms with van der Waals surface area (Å²) < 4.78 is 39.4. The topological polar surface area (TPSA) is 0 Å². The van der Waals surface area contributed by atoms with E-state index in [0.29, 0.717) is 11.5 Å². The molecule has 0 bridgehead atoms.